The zero-order valence-corrected chi connectivity index (χ0v) is 11.0. The molecule has 1 aliphatic rings. The van der Waals surface area contributed by atoms with Gasteiger partial charge in [0.25, 0.3) is 0 Å². The van der Waals surface area contributed by atoms with Gasteiger partial charge in [0.05, 0.1) is 24.1 Å². The minimum absolute atomic E-state index is 0.159. The van der Waals surface area contributed by atoms with Crippen molar-refractivity contribution in [1.29, 1.82) is 0 Å². The number of aryl methyl sites for hydroxylation is 1. The third-order valence-corrected chi connectivity index (χ3v) is 3.79. The third kappa shape index (κ3) is 3.13. The first-order chi connectivity index (χ1) is 9.09. The summed E-state index contributed by atoms with van der Waals surface area (Å²) in [6.07, 6.45) is 4.74. The van der Waals surface area contributed by atoms with Crippen molar-refractivity contribution < 1.29 is 14.7 Å². The lowest BCUT2D eigenvalue weighted by atomic mass is 9.79. The van der Waals surface area contributed by atoms with Crippen molar-refractivity contribution in [3.63, 3.8) is 0 Å². The number of aliphatic carboxylic acids is 1. The average molecular weight is 265 g/mol. The SMILES string of the molecule is Cn1nccc1CNC(=O)[C@@H]1CCCC[C@@H]1C(=O)O. The Morgan fingerprint density at radius 2 is 2.11 bits per heavy atom. The molecule has 1 heterocycles. The Hall–Kier alpha value is -1.85. The molecule has 0 aromatic carbocycles. The number of carbonyl (C=O) groups is 2. The molecule has 1 saturated carbocycles. The lowest BCUT2D eigenvalue weighted by Gasteiger charge is -2.27. The van der Waals surface area contributed by atoms with E-state index in [1.54, 1.807) is 10.9 Å². The number of carbonyl (C=O) groups excluding carboxylic acids is 1. The fourth-order valence-corrected chi connectivity index (χ4v) is 2.62. The first kappa shape index (κ1) is 13.6. The number of carboxylic acid groups (broad SMARTS) is 1. The maximum absolute atomic E-state index is 12.1. The molecule has 6 heteroatoms. The molecule has 19 heavy (non-hydrogen) atoms. The van der Waals surface area contributed by atoms with E-state index in [0.717, 1.165) is 18.5 Å². The van der Waals surface area contributed by atoms with E-state index >= 15 is 0 Å². The van der Waals surface area contributed by atoms with Crippen molar-refractivity contribution in [2.75, 3.05) is 0 Å². The van der Waals surface area contributed by atoms with Crippen molar-refractivity contribution in [1.82, 2.24) is 15.1 Å². The molecule has 2 atom stereocenters. The third-order valence-electron chi connectivity index (χ3n) is 3.79. The van der Waals surface area contributed by atoms with E-state index in [4.69, 9.17) is 5.11 Å². The van der Waals surface area contributed by atoms with Crippen molar-refractivity contribution >= 4 is 11.9 Å². The molecule has 0 spiro atoms. The fourth-order valence-electron chi connectivity index (χ4n) is 2.62. The summed E-state index contributed by atoms with van der Waals surface area (Å²) in [6.45, 7) is 0.387. The zero-order chi connectivity index (χ0) is 13.8. The standard InChI is InChI=1S/C13H19N3O3/c1-16-9(6-7-15-16)8-14-12(17)10-4-2-3-5-11(10)13(18)19/h6-7,10-11H,2-5,8H2,1H3,(H,14,17)(H,18,19)/t10-,11+/m1/s1. The van der Waals surface area contributed by atoms with Crippen LogP contribution in [0, 0.1) is 11.8 Å². The van der Waals surface area contributed by atoms with Crippen LogP contribution in [0.4, 0.5) is 0 Å². The molecule has 1 amide bonds. The summed E-state index contributed by atoms with van der Waals surface area (Å²) < 4.78 is 1.69. The van der Waals surface area contributed by atoms with E-state index in [1.165, 1.54) is 0 Å². The molecular formula is C13H19N3O3. The highest BCUT2D eigenvalue weighted by Gasteiger charge is 2.35. The van der Waals surface area contributed by atoms with Crippen LogP contribution in [-0.2, 0) is 23.2 Å². The maximum Gasteiger partial charge on any atom is 0.307 e. The Labute approximate surface area is 111 Å². The molecule has 0 bridgehead atoms. The van der Waals surface area contributed by atoms with Gasteiger partial charge in [-0.05, 0) is 18.9 Å². The first-order valence-corrected chi connectivity index (χ1v) is 6.57. The Morgan fingerprint density at radius 1 is 1.42 bits per heavy atom. The molecule has 1 aromatic rings. The van der Waals surface area contributed by atoms with Crippen LogP contribution in [0.2, 0.25) is 0 Å². The summed E-state index contributed by atoms with van der Waals surface area (Å²) in [5.41, 5.74) is 0.899. The fraction of sp³-hybridized carbons (Fsp3) is 0.615. The number of nitrogens with zero attached hydrogens (tertiary/aromatic N) is 2. The van der Waals surface area contributed by atoms with Gasteiger partial charge in [-0.2, -0.15) is 5.10 Å². The Balaban J connectivity index is 1.94. The molecular weight excluding hydrogens is 246 g/mol. The number of aromatic nitrogens is 2. The van der Waals surface area contributed by atoms with Crippen LogP contribution in [0.25, 0.3) is 0 Å². The molecule has 1 aliphatic carbocycles. The summed E-state index contributed by atoms with van der Waals surface area (Å²) in [7, 11) is 1.81. The van der Waals surface area contributed by atoms with Gasteiger partial charge >= 0.3 is 5.97 Å². The molecule has 6 nitrogen and oxygen atoms in total. The van der Waals surface area contributed by atoms with Gasteiger partial charge in [0.15, 0.2) is 0 Å². The second-order valence-electron chi connectivity index (χ2n) is 5.00. The van der Waals surface area contributed by atoms with Crippen LogP contribution in [0.5, 0.6) is 0 Å². The quantitative estimate of drug-likeness (QED) is 0.848. The van der Waals surface area contributed by atoms with Gasteiger partial charge in [-0.15, -0.1) is 0 Å². The molecule has 2 N–H and O–H groups in total. The van der Waals surface area contributed by atoms with Gasteiger partial charge < -0.3 is 10.4 Å². The van der Waals surface area contributed by atoms with Crippen molar-refractivity contribution in [3.8, 4) is 0 Å². The predicted octanol–water partition coefficient (Wildman–Crippen LogP) is 0.927. The van der Waals surface area contributed by atoms with Crippen LogP contribution >= 0.6 is 0 Å². The van der Waals surface area contributed by atoms with Gasteiger partial charge in [0.2, 0.25) is 5.91 Å². The van der Waals surface area contributed by atoms with E-state index in [-0.39, 0.29) is 5.91 Å². The maximum atomic E-state index is 12.1. The number of hydrogen-bond acceptors (Lipinski definition) is 3. The molecule has 1 fully saturated rings. The number of amides is 1. The van der Waals surface area contributed by atoms with Gasteiger partial charge in [0.1, 0.15) is 0 Å². The van der Waals surface area contributed by atoms with Gasteiger partial charge in [-0.25, -0.2) is 0 Å². The molecule has 104 valence electrons. The monoisotopic (exact) mass is 265 g/mol. The van der Waals surface area contributed by atoms with Gasteiger partial charge in [-0.3, -0.25) is 14.3 Å². The highest BCUT2D eigenvalue weighted by atomic mass is 16.4. The number of hydrogen-bond donors (Lipinski definition) is 2. The summed E-state index contributed by atoms with van der Waals surface area (Å²) in [5, 5.41) is 16.0. The minimum Gasteiger partial charge on any atom is -0.481 e. The largest absolute Gasteiger partial charge is 0.481 e. The minimum atomic E-state index is -0.861. The van der Waals surface area contributed by atoms with Crippen LogP contribution in [0.1, 0.15) is 31.4 Å². The molecule has 0 aliphatic heterocycles. The second kappa shape index (κ2) is 5.86. The van der Waals surface area contributed by atoms with E-state index < -0.39 is 17.8 Å². The van der Waals surface area contributed by atoms with Crippen molar-refractivity contribution in [3.05, 3.63) is 18.0 Å². The Morgan fingerprint density at radius 3 is 2.68 bits per heavy atom. The van der Waals surface area contributed by atoms with Crippen LogP contribution in [0.3, 0.4) is 0 Å². The van der Waals surface area contributed by atoms with Crippen LogP contribution in [-0.4, -0.2) is 26.8 Å². The van der Waals surface area contributed by atoms with E-state index in [1.807, 2.05) is 13.1 Å². The lowest BCUT2D eigenvalue weighted by molar-refractivity contribution is -0.148. The summed E-state index contributed by atoms with van der Waals surface area (Å²) >= 11 is 0. The molecule has 0 unspecified atom stereocenters. The number of nitrogens with one attached hydrogen (secondary N) is 1. The van der Waals surface area contributed by atoms with Crippen LogP contribution < -0.4 is 5.32 Å². The first-order valence-electron chi connectivity index (χ1n) is 6.57. The molecule has 2 rings (SSSR count). The summed E-state index contributed by atoms with van der Waals surface area (Å²) in [4.78, 5) is 23.3. The highest BCUT2D eigenvalue weighted by Crippen LogP contribution is 2.30. The van der Waals surface area contributed by atoms with Gasteiger partial charge in [0, 0.05) is 13.2 Å². The molecule has 0 radical (unpaired) electrons. The molecule has 1 aromatic heterocycles. The lowest BCUT2D eigenvalue weighted by Crippen LogP contribution is -2.39. The number of rotatable bonds is 4. The van der Waals surface area contributed by atoms with E-state index in [9.17, 15) is 9.59 Å². The highest BCUT2D eigenvalue weighted by molar-refractivity contribution is 5.84. The molecule has 0 saturated heterocycles. The Kier molecular flexibility index (Phi) is 4.19. The van der Waals surface area contributed by atoms with Gasteiger partial charge in [-0.1, -0.05) is 12.8 Å². The van der Waals surface area contributed by atoms with Crippen molar-refractivity contribution in [2.24, 2.45) is 18.9 Å². The Bertz CT molecular complexity index is 469. The van der Waals surface area contributed by atoms with Crippen LogP contribution in [0.15, 0.2) is 12.3 Å². The summed E-state index contributed by atoms with van der Waals surface area (Å²) in [6, 6.07) is 1.83. The predicted molar refractivity (Wildman–Crippen MR) is 68.1 cm³/mol. The average Bonchev–Trinajstić information content (AvgIpc) is 2.81. The zero-order valence-electron chi connectivity index (χ0n) is 11.0. The smallest absolute Gasteiger partial charge is 0.307 e. The van der Waals surface area contributed by atoms with E-state index in [2.05, 4.69) is 10.4 Å². The topological polar surface area (TPSA) is 84.2 Å². The van der Waals surface area contributed by atoms with Crippen molar-refractivity contribution in [2.45, 2.75) is 32.2 Å². The normalized spacial score (nSPS) is 23.0. The second-order valence-corrected chi connectivity index (χ2v) is 5.00. The van der Waals surface area contributed by atoms with E-state index in [0.29, 0.717) is 19.4 Å². The number of carboxylic acids is 1. The summed E-state index contributed by atoms with van der Waals surface area (Å²) in [5.74, 6) is -1.96.